The molecular weight excluding hydrogens is 404 g/mol. The maximum Gasteiger partial charge on any atom is 0.282 e. The van der Waals surface area contributed by atoms with E-state index in [-0.39, 0.29) is 37.2 Å². The Hall–Kier alpha value is -2.28. The molecule has 3 aliphatic rings. The van der Waals surface area contributed by atoms with Crippen molar-refractivity contribution >= 4 is 21.9 Å². The highest BCUT2D eigenvalue weighted by atomic mass is 32.2. The lowest BCUT2D eigenvalue weighted by atomic mass is 9.96. The molecule has 1 aromatic carbocycles. The number of ketones is 1. The molecule has 0 aliphatic carbocycles. The third kappa shape index (κ3) is 3.87. The van der Waals surface area contributed by atoms with Gasteiger partial charge >= 0.3 is 0 Å². The molecule has 0 aromatic heterocycles. The standard InChI is InChI=1S/C21H26N4O4S/c22-12-16-13-24(14-16)30(28,29)23-10-4-8-18(15-23)21(27)25-11-5-9-19(25)20(26)17-6-2-1-3-7-17/h1-3,6-7,16,18-19H,4-5,8-11,13-15H2/t18-,19+/m0/s1. The highest BCUT2D eigenvalue weighted by Gasteiger charge is 2.44. The van der Waals surface area contributed by atoms with Crippen LogP contribution in [0.15, 0.2) is 30.3 Å². The second-order valence-electron chi connectivity index (χ2n) is 8.27. The van der Waals surface area contributed by atoms with E-state index >= 15 is 0 Å². The van der Waals surface area contributed by atoms with Crippen LogP contribution in [0.4, 0.5) is 0 Å². The summed E-state index contributed by atoms with van der Waals surface area (Å²) in [5.74, 6) is -0.868. The molecule has 3 heterocycles. The van der Waals surface area contributed by atoms with Crippen molar-refractivity contribution < 1.29 is 18.0 Å². The van der Waals surface area contributed by atoms with Crippen molar-refractivity contribution in [1.82, 2.24) is 13.5 Å². The normalized spacial score (nSPS) is 26.2. The summed E-state index contributed by atoms with van der Waals surface area (Å²) in [7, 11) is -3.65. The van der Waals surface area contributed by atoms with Gasteiger partial charge in [0.15, 0.2) is 5.78 Å². The average molecular weight is 431 g/mol. The molecule has 1 aromatic rings. The molecule has 0 spiro atoms. The van der Waals surface area contributed by atoms with E-state index in [9.17, 15) is 18.0 Å². The number of nitriles is 1. The van der Waals surface area contributed by atoms with Crippen molar-refractivity contribution in [2.75, 3.05) is 32.7 Å². The van der Waals surface area contributed by atoms with Gasteiger partial charge in [0, 0.05) is 38.3 Å². The Morgan fingerprint density at radius 1 is 0.967 bits per heavy atom. The third-order valence-corrected chi connectivity index (χ3v) is 8.25. The Labute approximate surface area is 177 Å². The van der Waals surface area contributed by atoms with Gasteiger partial charge in [-0.2, -0.15) is 22.3 Å². The van der Waals surface area contributed by atoms with Gasteiger partial charge in [-0.25, -0.2) is 0 Å². The molecule has 9 heteroatoms. The quantitative estimate of drug-likeness (QED) is 0.655. The summed E-state index contributed by atoms with van der Waals surface area (Å²) in [5.41, 5.74) is 0.597. The zero-order chi connectivity index (χ0) is 21.3. The van der Waals surface area contributed by atoms with Gasteiger partial charge in [0.1, 0.15) is 0 Å². The zero-order valence-electron chi connectivity index (χ0n) is 16.8. The number of rotatable bonds is 5. The smallest absolute Gasteiger partial charge is 0.282 e. The molecule has 3 fully saturated rings. The molecule has 2 atom stereocenters. The lowest BCUT2D eigenvalue weighted by Crippen LogP contribution is -2.57. The first-order chi connectivity index (χ1) is 14.4. The first-order valence-corrected chi connectivity index (χ1v) is 11.9. The van der Waals surface area contributed by atoms with Crippen LogP contribution in [0.25, 0.3) is 0 Å². The summed E-state index contributed by atoms with van der Waals surface area (Å²) < 4.78 is 28.4. The number of Topliss-reactive ketones (excluding diaryl/α,β-unsaturated/α-hetero) is 1. The lowest BCUT2D eigenvalue weighted by Gasteiger charge is -2.41. The molecule has 4 rings (SSSR count). The second-order valence-corrected chi connectivity index (χ2v) is 10.2. The van der Waals surface area contributed by atoms with Crippen molar-refractivity contribution in [2.45, 2.75) is 31.7 Å². The van der Waals surface area contributed by atoms with Crippen molar-refractivity contribution in [3.8, 4) is 6.07 Å². The van der Waals surface area contributed by atoms with E-state index in [1.807, 2.05) is 18.2 Å². The van der Waals surface area contributed by atoms with E-state index in [2.05, 4.69) is 6.07 Å². The van der Waals surface area contributed by atoms with Gasteiger partial charge in [0.2, 0.25) is 5.91 Å². The molecule has 3 aliphatic heterocycles. The Morgan fingerprint density at radius 2 is 1.67 bits per heavy atom. The van der Waals surface area contributed by atoms with Crippen LogP contribution in [-0.4, -0.2) is 72.4 Å². The molecule has 0 radical (unpaired) electrons. The predicted octanol–water partition coefficient (Wildman–Crippen LogP) is 1.27. The summed E-state index contributed by atoms with van der Waals surface area (Å²) in [4.78, 5) is 27.9. The lowest BCUT2D eigenvalue weighted by molar-refractivity contribution is -0.136. The Balaban J connectivity index is 1.44. The number of carbonyl (C=O) groups excluding carboxylic acids is 2. The summed E-state index contributed by atoms with van der Waals surface area (Å²) >= 11 is 0. The monoisotopic (exact) mass is 430 g/mol. The minimum atomic E-state index is -3.65. The van der Waals surface area contributed by atoms with E-state index in [0.717, 1.165) is 6.42 Å². The molecule has 0 unspecified atom stereocenters. The highest BCUT2D eigenvalue weighted by Crippen LogP contribution is 2.29. The Bertz CT molecular complexity index is 953. The van der Waals surface area contributed by atoms with Crippen LogP contribution in [0, 0.1) is 23.2 Å². The third-order valence-electron chi connectivity index (χ3n) is 6.31. The number of benzene rings is 1. The molecule has 0 N–H and O–H groups in total. The summed E-state index contributed by atoms with van der Waals surface area (Å²) in [5, 5.41) is 8.91. The van der Waals surface area contributed by atoms with Crippen LogP contribution in [0.2, 0.25) is 0 Å². The largest absolute Gasteiger partial charge is 0.332 e. The average Bonchev–Trinajstić information content (AvgIpc) is 3.22. The molecule has 30 heavy (non-hydrogen) atoms. The molecule has 8 nitrogen and oxygen atoms in total. The maximum atomic E-state index is 13.3. The van der Waals surface area contributed by atoms with E-state index in [4.69, 9.17) is 5.26 Å². The molecule has 0 saturated carbocycles. The summed E-state index contributed by atoms with van der Waals surface area (Å²) in [6, 6.07) is 10.6. The number of nitrogens with zero attached hydrogens (tertiary/aromatic N) is 4. The summed E-state index contributed by atoms with van der Waals surface area (Å²) in [6.07, 6.45) is 2.63. The molecular formula is C21H26N4O4S. The van der Waals surface area contributed by atoms with Crippen LogP contribution in [0.1, 0.15) is 36.0 Å². The zero-order valence-corrected chi connectivity index (χ0v) is 17.6. The number of piperidine rings is 1. The molecule has 0 bridgehead atoms. The van der Waals surface area contributed by atoms with E-state index in [0.29, 0.717) is 37.9 Å². The van der Waals surface area contributed by atoms with Crippen LogP contribution in [-0.2, 0) is 15.0 Å². The molecule has 3 saturated heterocycles. The number of hydrogen-bond acceptors (Lipinski definition) is 5. The van der Waals surface area contributed by atoms with Crippen molar-refractivity contribution in [3.05, 3.63) is 35.9 Å². The van der Waals surface area contributed by atoms with Gasteiger partial charge in [-0.3, -0.25) is 9.59 Å². The van der Waals surface area contributed by atoms with Gasteiger partial charge in [-0.05, 0) is 25.7 Å². The van der Waals surface area contributed by atoms with Gasteiger partial charge < -0.3 is 4.90 Å². The van der Waals surface area contributed by atoms with E-state index in [1.165, 1.54) is 8.61 Å². The number of carbonyl (C=O) groups is 2. The van der Waals surface area contributed by atoms with Crippen molar-refractivity contribution in [2.24, 2.45) is 11.8 Å². The number of hydrogen-bond donors (Lipinski definition) is 0. The Morgan fingerprint density at radius 3 is 2.37 bits per heavy atom. The fraction of sp³-hybridized carbons (Fsp3) is 0.571. The fourth-order valence-corrected chi connectivity index (χ4v) is 6.35. The van der Waals surface area contributed by atoms with Crippen LogP contribution >= 0.6 is 0 Å². The van der Waals surface area contributed by atoms with Crippen LogP contribution in [0.3, 0.4) is 0 Å². The Kier molecular flexibility index (Phi) is 5.91. The first-order valence-electron chi connectivity index (χ1n) is 10.5. The minimum Gasteiger partial charge on any atom is -0.332 e. The van der Waals surface area contributed by atoms with E-state index in [1.54, 1.807) is 17.0 Å². The van der Waals surface area contributed by atoms with Crippen molar-refractivity contribution in [3.63, 3.8) is 0 Å². The fourth-order valence-electron chi connectivity index (χ4n) is 4.56. The van der Waals surface area contributed by atoms with Gasteiger partial charge in [0.05, 0.1) is 23.9 Å². The van der Waals surface area contributed by atoms with Crippen LogP contribution < -0.4 is 0 Å². The van der Waals surface area contributed by atoms with Crippen molar-refractivity contribution in [1.29, 1.82) is 5.26 Å². The summed E-state index contributed by atoms with van der Waals surface area (Å²) in [6.45, 7) is 1.48. The topological polar surface area (TPSA) is 102 Å². The van der Waals surface area contributed by atoms with Gasteiger partial charge in [-0.1, -0.05) is 30.3 Å². The van der Waals surface area contributed by atoms with Gasteiger partial charge in [-0.15, -0.1) is 0 Å². The number of likely N-dealkylation sites (tertiary alicyclic amines) is 1. The minimum absolute atomic E-state index is 0.0511. The number of amides is 1. The first kappa shape index (κ1) is 21.0. The molecule has 1 amide bonds. The molecule has 160 valence electrons. The highest BCUT2D eigenvalue weighted by molar-refractivity contribution is 7.86. The SMILES string of the molecule is N#CC1CN(S(=O)(=O)N2CCC[C@H](C(=O)N3CCC[C@@H]3C(=O)c3ccccc3)C2)C1. The maximum absolute atomic E-state index is 13.3. The second kappa shape index (κ2) is 8.46. The predicted molar refractivity (Wildman–Crippen MR) is 109 cm³/mol. The van der Waals surface area contributed by atoms with E-state index < -0.39 is 22.2 Å². The van der Waals surface area contributed by atoms with Crippen LogP contribution in [0.5, 0.6) is 0 Å². The van der Waals surface area contributed by atoms with Gasteiger partial charge in [0.25, 0.3) is 10.2 Å².